The molecule has 1 aromatic carbocycles. The number of rotatable bonds is 6. The Morgan fingerprint density at radius 3 is 3.10 bits per heavy atom. The van der Waals surface area contributed by atoms with Gasteiger partial charge in [-0.2, -0.15) is 0 Å². The third-order valence-electron chi connectivity index (χ3n) is 3.58. The first-order chi connectivity index (χ1) is 9.70. The van der Waals surface area contributed by atoms with E-state index in [2.05, 4.69) is 16.3 Å². The Balaban J connectivity index is 2.06. The molecule has 0 spiro atoms. The minimum atomic E-state index is -0.239. The van der Waals surface area contributed by atoms with E-state index in [1.165, 1.54) is 5.56 Å². The summed E-state index contributed by atoms with van der Waals surface area (Å²) < 4.78 is 5.03. The molecule has 1 unspecified atom stereocenters. The number of hydrogen-bond donors (Lipinski definition) is 2. The molecular weight excluding hydrogens is 276 g/mol. The molecule has 0 aliphatic carbocycles. The fourth-order valence-corrected chi connectivity index (χ4v) is 2.72. The summed E-state index contributed by atoms with van der Waals surface area (Å²) in [5, 5.41) is 13.9. The number of aliphatic hydroxyl groups excluding tert-OH is 1. The molecule has 2 rings (SSSR count). The van der Waals surface area contributed by atoms with Crippen molar-refractivity contribution in [2.45, 2.75) is 25.5 Å². The van der Waals surface area contributed by atoms with E-state index in [1.54, 1.807) is 7.11 Å². The molecule has 0 aromatic heterocycles. The van der Waals surface area contributed by atoms with Gasteiger partial charge in [0.2, 0.25) is 0 Å². The largest absolute Gasteiger partial charge is 0.391 e. The zero-order valence-electron chi connectivity index (χ0n) is 11.9. The molecule has 1 fully saturated rings. The number of ether oxygens (including phenoxy) is 1. The normalized spacial score (nSPS) is 19.4. The smallest absolute Gasteiger partial charge is 0.0715 e. The topological polar surface area (TPSA) is 44.7 Å². The van der Waals surface area contributed by atoms with E-state index in [-0.39, 0.29) is 6.10 Å². The van der Waals surface area contributed by atoms with Gasteiger partial charge in [-0.3, -0.25) is 0 Å². The molecule has 0 amide bonds. The maximum Gasteiger partial charge on any atom is 0.0715 e. The maximum absolute atomic E-state index is 9.84. The molecule has 1 aliphatic heterocycles. The predicted octanol–water partition coefficient (Wildman–Crippen LogP) is 2.04. The molecule has 1 heterocycles. The summed E-state index contributed by atoms with van der Waals surface area (Å²) in [4.78, 5) is 2.23. The third-order valence-corrected chi connectivity index (χ3v) is 3.82. The van der Waals surface area contributed by atoms with Crippen molar-refractivity contribution in [2.24, 2.45) is 0 Å². The first-order valence-corrected chi connectivity index (χ1v) is 7.49. The van der Waals surface area contributed by atoms with Gasteiger partial charge < -0.3 is 20.1 Å². The van der Waals surface area contributed by atoms with E-state index in [0.717, 1.165) is 43.2 Å². The Kier molecular flexibility index (Phi) is 6.10. The molecule has 0 saturated carbocycles. The molecule has 1 atom stereocenters. The summed E-state index contributed by atoms with van der Waals surface area (Å²) in [7, 11) is 1.70. The zero-order chi connectivity index (χ0) is 14.4. The van der Waals surface area contributed by atoms with Crippen molar-refractivity contribution in [3.63, 3.8) is 0 Å². The fourth-order valence-electron chi connectivity index (χ4n) is 2.55. The van der Waals surface area contributed by atoms with Crippen molar-refractivity contribution in [1.29, 1.82) is 0 Å². The van der Waals surface area contributed by atoms with Crippen molar-refractivity contribution in [3.8, 4) is 0 Å². The molecular formula is C15H23ClN2O2. The van der Waals surface area contributed by atoms with Gasteiger partial charge >= 0.3 is 0 Å². The van der Waals surface area contributed by atoms with Gasteiger partial charge in [0.15, 0.2) is 0 Å². The highest BCUT2D eigenvalue weighted by atomic mass is 35.5. The number of aliphatic hydroxyl groups is 1. The van der Waals surface area contributed by atoms with E-state index < -0.39 is 0 Å². The maximum atomic E-state index is 9.84. The third kappa shape index (κ3) is 4.35. The molecule has 20 heavy (non-hydrogen) atoms. The SMILES string of the molecule is COCCNCc1ccc(Cl)cc1N1CCCC(O)C1. The van der Waals surface area contributed by atoms with Crippen molar-refractivity contribution >= 4 is 17.3 Å². The van der Waals surface area contributed by atoms with Gasteiger partial charge in [0.1, 0.15) is 0 Å². The molecule has 0 bridgehead atoms. The number of nitrogens with one attached hydrogen (secondary N) is 1. The van der Waals surface area contributed by atoms with Crippen LogP contribution in [0.3, 0.4) is 0 Å². The lowest BCUT2D eigenvalue weighted by Gasteiger charge is -2.33. The van der Waals surface area contributed by atoms with E-state index in [4.69, 9.17) is 16.3 Å². The van der Waals surface area contributed by atoms with Crippen LogP contribution >= 0.6 is 11.6 Å². The molecule has 1 saturated heterocycles. The van der Waals surface area contributed by atoms with Gasteiger partial charge in [0.05, 0.1) is 12.7 Å². The summed E-state index contributed by atoms with van der Waals surface area (Å²) >= 11 is 6.13. The van der Waals surface area contributed by atoms with Gasteiger partial charge in [-0.25, -0.2) is 0 Å². The number of β-amino-alcohol motifs (C(OH)–C–C–N with tert-alkyl or cyclic N) is 1. The Hall–Kier alpha value is -0.810. The predicted molar refractivity (Wildman–Crippen MR) is 82.5 cm³/mol. The van der Waals surface area contributed by atoms with E-state index >= 15 is 0 Å². The average molecular weight is 299 g/mol. The van der Waals surface area contributed by atoms with Crippen molar-refractivity contribution in [1.82, 2.24) is 5.32 Å². The van der Waals surface area contributed by atoms with Gasteiger partial charge in [0, 0.05) is 44.0 Å². The van der Waals surface area contributed by atoms with Crippen LogP contribution in [0.5, 0.6) is 0 Å². The lowest BCUT2D eigenvalue weighted by Crippen LogP contribution is -2.39. The summed E-state index contributed by atoms with van der Waals surface area (Å²) in [5.74, 6) is 0. The molecule has 0 radical (unpaired) electrons. The van der Waals surface area contributed by atoms with Gasteiger partial charge in [-0.15, -0.1) is 0 Å². The standard InChI is InChI=1S/C15H23ClN2O2/c1-20-8-6-17-10-12-4-5-13(16)9-15(12)18-7-2-3-14(19)11-18/h4-5,9,14,17,19H,2-3,6-8,10-11H2,1H3. The molecule has 112 valence electrons. The average Bonchev–Trinajstić information content (AvgIpc) is 2.45. The lowest BCUT2D eigenvalue weighted by atomic mass is 10.1. The highest BCUT2D eigenvalue weighted by Gasteiger charge is 2.20. The molecule has 2 N–H and O–H groups in total. The number of hydrogen-bond acceptors (Lipinski definition) is 4. The van der Waals surface area contributed by atoms with Crippen LogP contribution in [-0.2, 0) is 11.3 Å². The molecule has 1 aromatic rings. The summed E-state index contributed by atoms with van der Waals surface area (Å²) in [6.45, 7) is 3.96. The second kappa shape index (κ2) is 7.84. The van der Waals surface area contributed by atoms with Crippen LogP contribution in [0.4, 0.5) is 5.69 Å². The monoisotopic (exact) mass is 298 g/mol. The summed E-state index contributed by atoms with van der Waals surface area (Å²) in [5.41, 5.74) is 2.33. The van der Waals surface area contributed by atoms with Gasteiger partial charge in [-0.05, 0) is 30.5 Å². The number of piperidine rings is 1. The van der Waals surface area contributed by atoms with Crippen LogP contribution in [0, 0.1) is 0 Å². The number of halogens is 1. The number of nitrogens with zero attached hydrogens (tertiary/aromatic N) is 1. The summed E-state index contributed by atoms with van der Waals surface area (Å²) in [6, 6.07) is 5.96. The minimum Gasteiger partial charge on any atom is -0.391 e. The quantitative estimate of drug-likeness (QED) is 0.789. The second-order valence-corrected chi connectivity index (χ2v) is 5.62. The van der Waals surface area contributed by atoms with Crippen LogP contribution < -0.4 is 10.2 Å². The summed E-state index contributed by atoms with van der Waals surface area (Å²) in [6.07, 6.45) is 1.67. The first kappa shape index (κ1) is 15.6. The Bertz CT molecular complexity index is 428. The minimum absolute atomic E-state index is 0.239. The van der Waals surface area contributed by atoms with Crippen molar-refractivity contribution in [3.05, 3.63) is 28.8 Å². The van der Waals surface area contributed by atoms with Gasteiger partial charge in [-0.1, -0.05) is 17.7 Å². The zero-order valence-corrected chi connectivity index (χ0v) is 12.7. The Labute approximate surface area is 125 Å². The van der Waals surface area contributed by atoms with Crippen molar-refractivity contribution < 1.29 is 9.84 Å². The number of anilines is 1. The van der Waals surface area contributed by atoms with Crippen LogP contribution in [0.15, 0.2) is 18.2 Å². The number of methoxy groups -OCH3 is 1. The highest BCUT2D eigenvalue weighted by Crippen LogP contribution is 2.27. The van der Waals surface area contributed by atoms with Gasteiger partial charge in [0.25, 0.3) is 0 Å². The molecule has 5 heteroatoms. The molecule has 1 aliphatic rings. The van der Waals surface area contributed by atoms with Crippen LogP contribution in [0.2, 0.25) is 5.02 Å². The van der Waals surface area contributed by atoms with E-state index in [9.17, 15) is 5.11 Å². The van der Waals surface area contributed by atoms with E-state index in [1.807, 2.05) is 12.1 Å². The molecule has 4 nitrogen and oxygen atoms in total. The van der Waals surface area contributed by atoms with E-state index in [0.29, 0.717) is 13.2 Å². The van der Waals surface area contributed by atoms with Crippen LogP contribution in [0.1, 0.15) is 18.4 Å². The number of benzene rings is 1. The lowest BCUT2D eigenvalue weighted by molar-refractivity contribution is 0.154. The van der Waals surface area contributed by atoms with Crippen LogP contribution in [0.25, 0.3) is 0 Å². The van der Waals surface area contributed by atoms with Crippen molar-refractivity contribution in [2.75, 3.05) is 38.3 Å². The second-order valence-electron chi connectivity index (χ2n) is 5.18. The highest BCUT2D eigenvalue weighted by molar-refractivity contribution is 6.30. The Morgan fingerprint density at radius 2 is 2.35 bits per heavy atom. The fraction of sp³-hybridized carbons (Fsp3) is 0.600. The Morgan fingerprint density at radius 1 is 1.50 bits per heavy atom. The van der Waals surface area contributed by atoms with Crippen LogP contribution in [-0.4, -0.2) is 44.6 Å². The first-order valence-electron chi connectivity index (χ1n) is 7.12.